The molecule has 0 fully saturated rings. The first-order valence-corrected chi connectivity index (χ1v) is 20.4. The second-order valence-corrected chi connectivity index (χ2v) is 13.3. The van der Waals surface area contributed by atoms with Crippen molar-refractivity contribution in [3.05, 3.63) is 98.1 Å². The average molecular weight is 859 g/mol. The highest BCUT2D eigenvalue weighted by atomic mass is 16.6. The molecule has 0 unspecified atom stereocenters. The van der Waals surface area contributed by atoms with Crippen LogP contribution in [0.25, 0.3) is 11.1 Å². The highest BCUT2D eigenvalue weighted by Crippen LogP contribution is 2.44. The van der Waals surface area contributed by atoms with Crippen LogP contribution < -0.4 is 10.6 Å². The molecule has 0 aliphatic heterocycles. The predicted octanol–water partition coefficient (Wildman–Crippen LogP) is 4.99. The Kier molecular flexibility index (Phi) is 24.2. The fraction of sp³-hybridized carbons (Fsp3) is 0.548. The molecule has 0 heterocycles. The van der Waals surface area contributed by atoms with Crippen LogP contribution in [0.15, 0.2) is 66.7 Å². The third kappa shape index (κ3) is 19.2. The van der Waals surface area contributed by atoms with Crippen molar-refractivity contribution in [1.29, 1.82) is 0 Å². The molecule has 336 valence electrons. The third-order valence-corrected chi connectivity index (χ3v) is 9.01. The molecule has 4 rings (SSSR count). The highest BCUT2D eigenvalue weighted by molar-refractivity contribution is 5.79. The van der Waals surface area contributed by atoms with Gasteiger partial charge in [0.1, 0.15) is 12.3 Å². The average Bonchev–Trinajstić information content (AvgIpc) is 3.59. The minimum Gasteiger partial charge on any atom is -0.449 e. The van der Waals surface area contributed by atoms with Crippen molar-refractivity contribution in [1.82, 2.24) is 5.32 Å². The van der Waals surface area contributed by atoms with Crippen LogP contribution in [0.3, 0.4) is 0 Å². The van der Waals surface area contributed by atoms with Crippen LogP contribution >= 0.6 is 0 Å². The number of nitro benzene ring substituents is 2. The van der Waals surface area contributed by atoms with Gasteiger partial charge < -0.3 is 58.0 Å². The number of carbonyl (C=O) groups is 1. The van der Waals surface area contributed by atoms with Crippen LogP contribution in [0.1, 0.15) is 23.5 Å². The highest BCUT2D eigenvalue weighted by Gasteiger charge is 2.29. The number of anilines is 1. The molecule has 0 bridgehead atoms. The van der Waals surface area contributed by atoms with Gasteiger partial charge in [0, 0.05) is 31.7 Å². The van der Waals surface area contributed by atoms with E-state index in [0.29, 0.717) is 132 Å². The molecule has 0 spiro atoms. The molecule has 19 heteroatoms. The van der Waals surface area contributed by atoms with Crippen molar-refractivity contribution in [2.24, 2.45) is 0 Å². The lowest BCUT2D eigenvalue weighted by Crippen LogP contribution is -2.27. The zero-order valence-electron chi connectivity index (χ0n) is 34.5. The molecule has 1 aliphatic carbocycles. The molecule has 2 N–H and O–H groups in total. The summed E-state index contributed by atoms with van der Waals surface area (Å²) in [4.78, 5) is 32.9. The van der Waals surface area contributed by atoms with E-state index in [1.54, 1.807) is 0 Å². The van der Waals surface area contributed by atoms with Crippen LogP contribution in [0.5, 0.6) is 0 Å². The molecular formula is C42H58N4O15. The zero-order chi connectivity index (χ0) is 43.2. The number of carbonyl (C=O) groups excluding carboxylic acids is 1. The summed E-state index contributed by atoms with van der Waals surface area (Å²) in [7, 11) is 0. The van der Waals surface area contributed by atoms with Gasteiger partial charge in [0.15, 0.2) is 0 Å². The molecule has 3 aromatic carbocycles. The number of nitrogens with one attached hydrogen (secondary N) is 2. The Morgan fingerprint density at radius 3 is 1.39 bits per heavy atom. The first-order chi connectivity index (χ1) is 30.0. The Hall–Kier alpha value is -4.83. The number of fused-ring (bicyclic) bond motifs is 3. The summed E-state index contributed by atoms with van der Waals surface area (Å²) >= 11 is 0. The minimum absolute atomic E-state index is 0.0366. The maximum Gasteiger partial charge on any atom is 0.407 e. The predicted molar refractivity (Wildman–Crippen MR) is 223 cm³/mol. The quantitative estimate of drug-likeness (QED) is 0.0447. The lowest BCUT2D eigenvalue weighted by molar-refractivity contribution is -0.393. The van der Waals surface area contributed by atoms with Gasteiger partial charge in [-0.3, -0.25) is 20.2 Å². The van der Waals surface area contributed by atoms with E-state index in [2.05, 4.69) is 34.9 Å². The lowest BCUT2D eigenvalue weighted by atomic mass is 9.98. The van der Waals surface area contributed by atoms with Crippen molar-refractivity contribution in [3.8, 4) is 11.1 Å². The number of amides is 1. The first kappa shape index (κ1) is 48.8. The molecule has 0 atom stereocenters. The summed E-state index contributed by atoms with van der Waals surface area (Å²) in [5.74, 6) is 0.0366. The second kappa shape index (κ2) is 30.2. The van der Waals surface area contributed by atoms with E-state index >= 15 is 0 Å². The van der Waals surface area contributed by atoms with Crippen molar-refractivity contribution in [2.75, 3.05) is 144 Å². The number of nitrogens with zero attached hydrogens (tertiary/aromatic N) is 2. The summed E-state index contributed by atoms with van der Waals surface area (Å²) in [6, 6.07) is 19.9. The van der Waals surface area contributed by atoms with Crippen LogP contribution in [-0.4, -0.2) is 155 Å². The molecule has 0 radical (unpaired) electrons. The van der Waals surface area contributed by atoms with Gasteiger partial charge in [-0.2, -0.15) is 0 Å². The molecule has 0 saturated heterocycles. The normalized spacial score (nSPS) is 11.9. The Balaban J connectivity index is 0.797. The molecular weight excluding hydrogens is 800 g/mol. The smallest absolute Gasteiger partial charge is 0.407 e. The lowest BCUT2D eigenvalue weighted by Gasteiger charge is -2.14. The van der Waals surface area contributed by atoms with Gasteiger partial charge in [0.25, 0.3) is 11.4 Å². The van der Waals surface area contributed by atoms with Gasteiger partial charge in [-0.1, -0.05) is 48.5 Å². The number of benzene rings is 3. The van der Waals surface area contributed by atoms with Gasteiger partial charge >= 0.3 is 6.09 Å². The van der Waals surface area contributed by atoms with E-state index in [1.807, 2.05) is 24.3 Å². The van der Waals surface area contributed by atoms with E-state index in [9.17, 15) is 25.0 Å². The van der Waals surface area contributed by atoms with Crippen molar-refractivity contribution in [3.63, 3.8) is 0 Å². The summed E-state index contributed by atoms with van der Waals surface area (Å²) in [6.45, 7) is 8.71. The number of alkyl carbamates (subject to hydrolysis) is 1. The summed E-state index contributed by atoms with van der Waals surface area (Å²) in [5, 5.41) is 27.6. The van der Waals surface area contributed by atoms with Gasteiger partial charge in [-0.05, 0) is 34.7 Å². The maximum atomic E-state index is 12.3. The number of non-ortho nitro benzene ring substituents is 1. The molecule has 1 amide bonds. The first-order valence-electron chi connectivity index (χ1n) is 20.4. The van der Waals surface area contributed by atoms with Crippen molar-refractivity contribution in [2.45, 2.75) is 12.3 Å². The van der Waals surface area contributed by atoms with Crippen LogP contribution in [0.2, 0.25) is 0 Å². The largest absolute Gasteiger partial charge is 0.449 e. The van der Waals surface area contributed by atoms with E-state index in [4.69, 9.17) is 47.4 Å². The Bertz CT molecular complexity index is 1670. The number of hydrogen-bond donors (Lipinski definition) is 2. The Labute approximate surface area is 355 Å². The zero-order valence-corrected chi connectivity index (χ0v) is 34.5. The van der Waals surface area contributed by atoms with Gasteiger partial charge in [0.05, 0.1) is 128 Å². The van der Waals surface area contributed by atoms with Crippen molar-refractivity contribution >= 4 is 23.2 Å². The second-order valence-electron chi connectivity index (χ2n) is 13.3. The number of ether oxygens (including phenoxy) is 10. The van der Waals surface area contributed by atoms with Gasteiger partial charge in [0.2, 0.25) is 0 Å². The summed E-state index contributed by atoms with van der Waals surface area (Å²) in [6.07, 6.45) is 0.239. The van der Waals surface area contributed by atoms with Crippen LogP contribution in [0.4, 0.5) is 21.9 Å². The van der Waals surface area contributed by atoms with E-state index in [-0.39, 0.29) is 36.1 Å². The third-order valence-electron chi connectivity index (χ3n) is 9.01. The number of nitro groups is 2. The maximum absolute atomic E-state index is 12.3. The van der Waals surface area contributed by atoms with Crippen LogP contribution in [-0.2, 0) is 47.4 Å². The van der Waals surface area contributed by atoms with Gasteiger partial charge in [-0.25, -0.2) is 4.79 Å². The number of hydrogen-bond acceptors (Lipinski definition) is 16. The van der Waals surface area contributed by atoms with E-state index in [1.165, 1.54) is 34.4 Å². The molecule has 0 saturated carbocycles. The SMILES string of the molecule is O=C(NCCCOCCOCCOCCOCCOCCOCCOCCOCCOCCNc1ccc([N+](=O)[O-])cc1[N+](=O)[O-])OCC1c2ccccc2-c2ccccc21. The number of rotatable bonds is 36. The molecule has 1 aliphatic rings. The topological polar surface area (TPSA) is 220 Å². The minimum atomic E-state index is -0.683. The molecule has 61 heavy (non-hydrogen) atoms. The van der Waals surface area contributed by atoms with E-state index in [0.717, 1.165) is 6.07 Å². The monoisotopic (exact) mass is 858 g/mol. The van der Waals surface area contributed by atoms with E-state index < -0.39 is 15.9 Å². The standard InChI is InChI=1S/C42H58N4O15/c47-42(61-33-39-37-8-3-1-6-35(37)36-7-2-4-9-38(36)39)44-12-5-14-52-16-18-54-20-22-56-24-26-58-28-30-60-31-29-59-27-25-57-23-21-55-19-17-53-15-13-43-40-11-10-34(45(48)49)32-41(40)46(50)51/h1-4,6-11,32,39,43H,5,12-31,33H2,(H,44,47). The Morgan fingerprint density at radius 2 is 0.951 bits per heavy atom. The van der Waals surface area contributed by atoms with Gasteiger partial charge in [-0.15, -0.1) is 0 Å². The summed E-state index contributed by atoms with van der Waals surface area (Å²) in [5.41, 5.74) is 4.23. The molecule has 3 aromatic rings. The fourth-order valence-electron chi connectivity index (χ4n) is 6.07. The molecule has 0 aromatic heterocycles. The van der Waals surface area contributed by atoms with Crippen LogP contribution in [0, 0.1) is 20.2 Å². The fourth-order valence-corrected chi connectivity index (χ4v) is 6.07. The van der Waals surface area contributed by atoms with Crippen molar-refractivity contribution < 1.29 is 62.0 Å². The Morgan fingerprint density at radius 1 is 0.525 bits per heavy atom. The molecule has 19 nitrogen and oxygen atoms in total. The summed E-state index contributed by atoms with van der Waals surface area (Å²) < 4.78 is 55.0.